The van der Waals surface area contributed by atoms with Crippen molar-refractivity contribution in [2.24, 2.45) is 7.05 Å². The molecule has 0 radical (unpaired) electrons. The molecule has 8 aromatic rings. The van der Waals surface area contributed by atoms with E-state index < -0.39 is 0 Å². The molecule has 2 aromatic heterocycles. The molecule has 0 unspecified atom stereocenters. The summed E-state index contributed by atoms with van der Waals surface area (Å²) in [7, 11) is 4.96. The molecule has 0 amide bonds. The Morgan fingerprint density at radius 1 is 0.574 bits per heavy atom. The summed E-state index contributed by atoms with van der Waals surface area (Å²) in [6.45, 7) is 4.20. The van der Waals surface area contributed by atoms with Crippen LogP contribution < -0.4 is 17.0 Å². The lowest BCUT2D eigenvalue weighted by Crippen LogP contribution is -3.00. The zero-order chi connectivity index (χ0) is 36.5. The highest BCUT2D eigenvalue weighted by molar-refractivity contribution is 8.00. The molecule has 266 valence electrons. The highest BCUT2D eigenvalue weighted by Crippen LogP contribution is 2.51. The summed E-state index contributed by atoms with van der Waals surface area (Å²) in [6, 6.07) is 37.3. The molecule has 0 bridgehead atoms. The first-order valence-corrected chi connectivity index (χ1v) is 18.9. The summed E-state index contributed by atoms with van der Waals surface area (Å²) in [6.07, 6.45) is 0. The van der Waals surface area contributed by atoms with Crippen LogP contribution >= 0.6 is 23.5 Å². The maximum Gasteiger partial charge on any atom is 0.337 e. The minimum absolute atomic E-state index is 0. The molecule has 0 spiro atoms. The van der Waals surface area contributed by atoms with Crippen LogP contribution in [0, 0.1) is 13.8 Å². The van der Waals surface area contributed by atoms with E-state index in [0.717, 1.165) is 42.9 Å². The minimum Gasteiger partial charge on any atom is -1.00 e. The van der Waals surface area contributed by atoms with E-state index in [1.165, 1.54) is 67.9 Å². The number of carbonyl (C=O) groups is 2. The second-order valence-corrected chi connectivity index (χ2v) is 15.5. The zero-order valence-corrected chi connectivity index (χ0v) is 32.5. The molecule has 4 heterocycles. The summed E-state index contributed by atoms with van der Waals surface area (Å²) >= 11 is 3.44. The molecule has 0 N–H and O–H groups in total. The van der Waals surface area contributed by atoms with Crippen LogP contribution in [-0.4, -0.2) is 31.1 Å². The maximum atomic E-state index is 12.0. The van der Waals surface area contributed by atoms with Gasteiger partial charge in [0.05, 0.1) is 47.2 Å². The molecule has 6 nitrogen and oxygen atoms in total. The van der Waals surface area contributed by atoms with Gasteiger partial charge in [0.2, 0.25) is 11.0 Å². The van der Waals surface area contributed by atoms with E-state index in [9.17, 15) is 9.59 Å². The van der Waals surface area contributed by atoms with E-state index in [4.69, 9.17) is 14.5 Å². The standard InChI is InChI=1S/C23H18NO2S.C22H15NO2S.ClH/c1-13-7-9-17-19(11-13)24(2)18-6-4-5-16-15-10-8-14(23(25)26-3)12-20(15)27-22(17)21(16)18;1-12-6-8-16-18(10-12)23-17-5-3-4-15-14-9-7-13(22(24)25-2)11-19(14)26-21(16)20(15)17;/h4-12H,1-3H3;3-11H,1-2H3;1H/q+1;;/p-1. The van der Waals surface area contributed by atoms with Crippen molar-refractivity contribution >= 4 is 79.1 Å². The molecule has 0 saturated carbocycles. The number of aryl methyl sites for hydroxylation is 3. The third-order valence-electron chi connectivity index (χ3n) is 10.1. The Labute approximate surface area is 326 Å². The van der Waals surface area contributed by atoms with Crippen LogP contribution in [0.25, 0.3) is 65.9 Å². The number of nitrogens with zero attached hydrogens (tertiary/aromatic N) is 2. The Hall–Kier alpha value is -5.41. The number of pyridine rings is 2. The molecule has 0 aliphatic carbocycles. The quantitative estimate of drug-likeness (QED) is 0.102. The van der Waals surface area contributed by atoms with Crippen molar-refractivity contribution in [1.29, 1.82) is 0 Å². The number of halogens is 1. The van der Waals surface area contributed by atoms with Gasteiger partial charge in [-0.25, -0.2) is 14.6 Å². The molecule has 9 heteroatoms. The largest absolute Gasteiger partial charge is 1.00 e. The fraction of sp³-hybridized carbons (Fsp3) is 0.111. The number of ether oxygens (including phenoxy) is 2. The lowest BCUT2D eigenvalue weighted by Gasteiger charge is -2.22. The van der Waals surface area contributed by atoms with Gasteiger partial charge >= 0.3 is 11.9 Å². The van der Waals surface area contributed by atoms with E-state index in [0.29, 0.717) is 11.1 Å². The molecule has 54 heavy (non-hydrogen) atoms. The van der Waals surface area contributed by atoms with E-state index in [1.807, 2.05) is 42.5 Å². The molecule has 10 rings (SSSR count). The fourth-order valence-corrected chi connectivity index (χ4v) is 10.1. The Morgan fingerprint density at radius 3 is 1.76 bits per heavy atom. The maximum absolute atomic E-state index is 12.0. The number of carbonyl (C=O) groups excluding carboxylic acids is 2. The van der Waals surface area contributed by atoms with Crippen LogP contribution in [0.2, 0.25) is 0 Å². The van der Waals surface area contributed by atoms with E-state index in [2.05, 4.69) is 92.2 Å². The van der Waals surface area contributed by atoms with Crippen LogP contribution in [0.3, 0.4) is 0 Å². The average molecular weight is 765 g/mol. The Balaban J connectivity index is 0.000000150. The summed E-state index contributed by atoms with van der Waals surface area (Å²) < 4.78 is 12.1. The van der Waals surface area contributed by atoms with E-state index in [1.54, 1.807) is 23.5 Å². The van der Waals surface area contributed by atoms with Crippen LogP contribution in [0.4, 0.5) is 0 Å². The first kappa shape index (κ1) is 35.6. The van der Waals surface area contributed by atoms with Gasteiger partial charge in [-0.15, -0.1) is 0 Å². The molecule has 0 saturated heterocycles. The lowest BCUT2D eigenvalue weighted by atomic mass is 9.97. The number of rotatable bonds is 2. The zero-order valence-electron chi connectivity index (χ0n) is 30.1. The first-order chi connectivity index (χ1) is 25.7. The molecular weight excluding hydrogens is 732 g/mol. The van der Waals surface area contributed by atoms with Crippen molar-refractivity contribution < 1.29 is 36.0 Å². The number of fused-ring (bicyclic) bond motifs is 8. The molecule has 2 aliphatic heterocycles. The van der Waals surface area contributed by atoms with Crippen molar-refractivity contribution in [3.8, 4) is 22.3 Å². The van der Waals surface area contributed by atoms with Crippen LogP contribution in [-0.2, 0) is 16.5 Å². The normalized spacial score (nSPS) is 12.0. The van der Waals surface area contributed by atoms with Gasteiger partial charge in [-0.2, -0.15) is 4.57 Å². The minimum atomic E-state index is -0.312. The van der Waals surface area contributed by atoms with Crippen molar-refractivity contribution in [3.05, 3.63) is 131 Å². The summed E-state index contributed by atoms with van der Waals surface area (Å²) in [5, 5.41) is 4.85. The summed E-state index contributed by atoms with van der Waals surface area (Å²) in [4.78, 5) is 33.4. The van der Waals surface area contributed by atoms with Gasteiger partial charge in [0, 0.05) is 42.5 Å². The van der Waals surface area contributed by atoms with Gasteiger partial charge in [0.1, 0.15) is 7.05 Å². The summed E-state index contributed by atoms with van der Waals surface area (Å²) in [5.41, 5.74) is 12.7. The van der Waals surface area contributed by atoms with Gasteiger partial charge in [-0.3, -0.25) is 0 Å². The van der Waals surface area contributed by atoms with Crippen molar-refractivity contribution in [2.45, 2.75) is 33.4 Å². The average Bonchev–Trinajstić information content (AvgIpc) is 3.18. The predicted octanol–water partition coefficient (Wildman–Crippen LogP) is 7.66. The third-order valence-corrected chi connectivity index (χ3v) is 12.5. The van der Waals surface area contributed by atoms with Gasteiger partial charge in [-0.05, 0) is 89.7 Å². The molecule has 0 fully saturated rings. The number of benzene rings is 6. The van der Waals surface area contributed by atoms with Crippen LogP contribution in [0.5, 0.6) is 0 Å². The van der Waals surface area contributed by atoms with Crippen molar-refractivity contribution in [2.75, 3.05) is 14.2 Å². The SMILES string of the molecule is COC(=O)c1ccc2c(c1)Sc1c3ccc(C)cc3[n+](C)c3cccc-2c13.COC(=O)c1ccc2c(c1)Sc1c3ccc(C)cc3nc3cccc-2c13.[Cl-]. The highest BCUT2D eigenvalue weighted by Gasteiger charge is 2.28. The Kier molecular flexibility index (Phi) is 9.09. The molecular formula is C45H33ClN2O4S2. The smallest absolute Gasteiger partial charge is 0.337 e. The van der Waals surface area contributed by atoms with Gasteiger partial charge < -0.3 is 21.9 Å². The summed E-state index contributed by atoms with van der Waals surface area (Å²) in [5.74, 6) is -0.616. The third kappa shape index (κ3) is 5.68. The topological polar surface area (TPSA) is 69.4 Å². The second-order valence-electron chi connectivity index (χ2n) is 13.4. The second kappa shape index (κ2) is 13.8. The van der Waals surface area contributed by atoms with Crippen LogP contribution in [0.15, 0.2) is 129 Å². The van der Waals surface area contributed by atoms with Gasteiger partial charge in [0.15, 0.2) is 0 Å². The monoisotopic (exact) mass is 764 g/mol. The van der Waals surface area contributed by atoms with Crippen molar-refractivity contribution in [1.82, 2.24) is 4.98 Å². The first-order valence-electron chi connectivity index (χ1n) is 17.2. The number of hydrogen-bond acceptors (Lipinski definition) is 7. The molecule has 2 aliphatic rings. The molecule has 0 atom stereocenters. The van der Waals surface area contributed by atoms with Crippen molar-refractivity contribution in [3.63, 3.8) is 0 Å². The van der Waals surface area contributed by atoms with E-state index in [-0.39, 0.29) is 24.3 Å². The Morgan fingerprint density at radius 2 is 1.13 bits per heavy atom. The highest BCUT2D eigenvalue weighted by atomic mass is 35.5. The van der Waals surface area contributed by atoms with E-state index >= 15 is 0 Å². The number of hydrogen-bond donors (Lipinski definition) is 0. The fourth-order valence-electron chi connectivity index (χ4n) is 7.53. The number of esters is 2. The van der Waals surface area contributed by atoms with Crippen LogP contribution in [0.1, 0.15) is 31.8 Å². The molecule has 6 aromatic carbocycles. The van der Waals surface area contributed by atoms with Gasteiger partial charge in [0.25, 0.3) is 0 Å². The number of methoxy groups -OCH3 is 2. The Bertz CT molecular complexity index is 2910. The van der Waals surface area contributed by atoms with Gasteiger partial charge in [-0.1, -0.05) is 78.1 Å². The lowest BCUT2D eigenvalue weighted by molar-refractivity contribution is -0.617. The predicted molar refractivity (Wildman–Crippen MR) is 213 cm³/mol. The number of aromatic nitrogens is 2.